The van der Waals surface area contributed by atoms with Crippen LogP contribution in [0.2, 0.25) is 10.0 Å². The summed E-state index contributed by atoms with van der Waals surface area (Å²) in [5.41, 5.74) is 3.20. The Bertz CT molecular complexity index is 1910. The van der Waals surface area contributed by atoms with Crippen molar-refractivity contribution in [1.29, 1.82) is 0 Å². The Morgan fingerprint density at radius 3 is 2.20 bits per heavy atom. The molecule has 4 aromatic rings. The molecule has 1 aromatic heterocycles. The maximum atomic E-state index is 13.7. The molecule has 1 saturated heterocycles. The van der Waals surface area contributed by atoms with Crippen molar-refractivity contribution in [3.05, 3.63) is 91.9 Å². The van der Waals surface area contributed by atoms with Crippen molar-refractivity contribution in [2.24, 2.45) is 11.8 Å². The molecule has 2 heterocycles. The molecule has 46 heavy (non-hydrogen) atoms. The molecule has 236 valence electrons. The van der Waals surface area contributed by atoms with E-state index in [2.05, 4.69) is 47.8 Å². The second-order valence-corrected chi connectivity index (χ2v) is 15.5. The number of aryl methyl sites for hydroxylation is 1. The average Bonchev–Trinajstić information content (AvgIpc) is 3.27. The molecule has 6 rings (SSSR count). The van der Waals surface area contributed by atoms with E-state index in [9.17, 15) is 19.2 Å². The van der Waals surface area contributed by atoms with Crippen LogP contribution in [-0.4, -0.2) is 44.3 Å². The van der Waals surface area contributed by atoms with Crippen molar-refractivity contribution >= 4 is 111 Å². The van der Waals surface area contributed by atoms with Gasteiger partial charge in [0.05, 0.1) is 39.3 Å². The van der Waals surface area contributed by atoms with Crippen LogP contribution in [0, 0.1) is 18.8 Å². The van der Waals surface area contributed by atoms with E-state index in [1.807, 2.05) is 0 Å². The van der Waals surface area contributed by atoms with Gasteiger partial charge in [0.2, 0.25) is 17.6 Å². The summed E-state index contributed by atoms with van der Waals surface area (Å²) < 4.78 is 6.25. The van der Waals surface area contributed by atoms with Crippen LogP contribution in [0.1, 0.15) is 46.0 Å². The van der Waals surface area contributed by atoms with E-state index >= 15 is 0 Å². The molecule has 2 aliphatic rings. The van der Waals surface area contributed by atoms with Crippen LogP contribution in [0.3, 0.4) is 0 Å². The Morgan fingerprint density at radius 1 is 0.957 bits per heavy atom. The molecule has 5 unspecified atom stereocenters. The highest BCUT2D eigenvalue weighted by Crippen LogP contribution is 2.44. The fourth-order valence-electron chi connectivity index (χ4n) is 6.06. The second-order valence-electron chi connectivity index (χ2n) is 11.4. The van der Waals surface area contributed by atoms with Crippen molar-refractivity contribution in [2.75, 3.05) is 4.90 Å². The number of ketones is 1. The molecule has 1 aliphatic heterocycles. The number of fused-ring (bicyclic) bond motifs is 2. The van der Waals surface area contributed by atoms with Crippen LogP contribution >= 0.6 is 71.0 Å². The summed E-state index contributed by atoms with van der Waals surface area (Å²) in [5.74, 6) is -2.22. The van der Waals surface area contributed by atoms with Crippen LogP contribution in [0.4, 0.5) is 5.69 Å². The third kappa shape index (κ3) is 6.07. The van der Waals surface area contributed by atoms with Gasteiger partial charge >= 0.3 is 5.97 Å². The molecular formula is C34H25Br3Cl2N2O5. The molecule has 1 saturated carbocycles. The minimum absolute atomic E-state index is 0.114. The monoisotopic (exact) mass is 848 g/mol. The molecule has 12 heteroatoms. The van der Waals surface area contributed by atoms with Crippen LogP contribution in [0.15, 0.2) is 65.1 Å². The fraction of sp³-hybridized carbons (Fsp3) is 0.265. The van der Waals surface area contributed by atoms with E-state index in [0.717, 1.165) is 0 Å². The number of aromatic nitrogens is 1. The lowest BCUT2D eigenvalue weighted by Gasteiger charge is -2.29. The van der Waals surface area contributed by atoms with E-state index in [0.29, 0.717) is 66.3 Å². The molecule has 3 aromatic carbocycles. The maximum Gasteiger partial charge on any atom is 0.339 e. The minimum Gasteiger partial charge on any atom is -0.451 e. The third-order valence-corrected chi connectivity index (χ3v) is 12.8. The Morgan fingerprint density at radius 2 is 1.59 bits per heavy atom. The van der Waals surface area contributed by atoms with Gasteiger partial charge in [-0.1, -0.05) is 79.3 Å². The highest BCUT2D eigenvalue weighted by atomic mass is 79.9. The number of hydrogen-bond donors (Lipinski definition) is 0. The molecule has 0 radical (unpaired) electrons. The number of Topliss-reactive ketones (excluding diaryl/α,β-unsaturated/α-hetero) is 1. The van der Waals surface area contributed by atoms with E-state index in [1.54, 1.807) is 61.5 Å². The average molecular weight is 852 g/mol. The van der Waals surface area contributed by atoms with E-state index < -0.39 is 17.9 Å². The number of anilines is 1. The van der Waals surface area contributed by atoms with Gasteiger partial charge in [-0.05, 0) is 84.6 Å². The van der Waals surface area contributed by atoms with Crippen molar-refractivity contribution < 1.29 is 23.9 Å². The first-order valence-corrected chi connectivity index (χ1v) is 17.8. The lowest BCUT2D eigenvalue weighted by atomic mass is 9.81. The summed E-state index contributed by atoms with van der Waals surface area (Å²) in [6.07, 6.45) is 0.0784. The number of rotatable bonds is 6. The predicted molar refractivity (Wildman–Crippen MR) is 189 cm³/mol. The third-order valence-electron chi connectivity index (χ3n) is 8.54. The number of halogens is 5. The van der Waals surface area contributed by atoms with Gasteiger partial charge in [0.25, 0.3) is 0 Å². The Labute approximate surface area is 300 Å². The quantitative estimate of drug-likeness (QED) is 0.0832. The molecule has 0 N–H and O–H groups in total. The summed E-state index contributed by atoms with van der Waals surface area (Å²) in [6.45, 7) is 3.31. The standard InChI is InChI=1S/C34H25Br3Cl2N2O5/c1-15-29(39)27(37)11-21-24(34(45)46-16(2)31(42)18-4-3-5-19(38)10-18)14-28(40-30(15)21)17-6-8-20(9-7-17)41-32(43)22-12-25(35)26(36)13-23(22)33(41)44/h3-11,14,16,22-23,25-26H,12-13H2,1-2H3. The molecule has 1 aliphatic carbocycles. The van der Waals surface area contributed by atoms with Crippen LogP contribution in [0.5, 0.6) is 0 Å². The zero-order valence-electron chi connectivity index (χ0n) is 24.4. The number of nitrogens with zero attached hydrogens (tertiary/aromatic N) is 2. The number of imide groups is 1. The van der Waals surface area contributed by atoms with Crippen molar-refractivity contribution in [3.63, 3.8) is 0 Å². The minimum atomic E-state index is -1.09. The van der Waals surface area contributed by atoms with Crippen molar-refractivity contribution in [2.45, 2.75) is 42.4 Å². The van der Waals surface area contributed by atoms with Crippen LogP contribution in [0.25, 0.3) is 22.2 Å². The SMILES string of the molecule is Cc1c(Cl)c(Br)cc2c(C(=O)OC(C)C(=O)c3cccc(Cl)c3)cc(-c3ccc(N4C(=O)C5CC(Br)C(Br)CC5C4=O)cc3)nc12. The molecule has 5 atom stereocenters. The van der Waals surface area contributed by atoms with Gasteiger partial charge in [0, 0.05) is 35.7 Å². The number of carbonyl (C=O) groups excluding carboxylic acids is 4. The highest BCUT2D eigenvalue weighted by Gasteiger charge is 2.52. The lowest BCUT2D eigenvalue weighted by Crippen LogP contribution is -2.34. The van der Waals surface area contributed by atoms with Gasteiger partial charge in [-0.25, -0.2) is 9.78 Å². The Balaban J connectivity index is 1.34. The van der Waals surface area contributed by atoms with Gasteiger partial charge in [-0.15, -0.1) is 0 Å². The number of ether oxygens (including phenoxy) is 1. The highest BCUT2D eigenvalue weighted by molar-refractivity contribution is 9.12. The molecule has 0 bridgehead atoms. The molecular weight excluding hydrogens is 827 g/mol. The summed E-state index contributed by atoms with van der Waals surface area (Å²) in [4.78, 5) is 59.7. The van der Waals surface area contributed by atoms with Gasteiger partial charge in [0.15, 0.2) is 6.10 Å². The fourth-order valence-corrected chi connectivity index (χ4v) is 8.16. The second kappa shape index (κ2) is 13.1. The topological polar surface area (TPSA) is 93.6 Å². The van der Waals surface area contributed by atoms with E-state index in [-0.39, 0.29) is 38.9 Å². The Hall–Kier alpha value is -2.63. The number of benzene rings is 3. The first kappa shape index (κ1) is 33.3. The van der Waals surface area contributed by atoms with Gasteiger partial charge in [-0.2, -0.15) is 0 Å². The Kier molecular flexibility index (Phi) is 9.48. The lowest BCUT2D eigenvalue weighted by molar-refractivity contribution is -0.122. The number of carbonyl (C=O) groups is 4. The zero-order chi connectivity index (χ0) is 33.0. The van der Waals surface area contributed by atoms with Crippen LogP contribution in [-0.2, 0) is 14.3 Å². The van der Waals surface area contributed by atoms with Crippen molar-refractivity contribution in [1.82, 2.24) is 4.98 Å². The number of amides is 2. The first-order valence-electron chi connectivity index (χ1n) is 14.4. The summed E-state index contributed by atoms with van der Waals surface area (Å²) in [6, 6.07) is 16.7. The molecule has 7 nitrogen and oxygen atoms in total. The van der Waals surface area contributed by atoms with Crippen LogP contribution < -0.4 is 4.90 Å². The maximum absolute atomic E-state index is 13.7. The van der Waals surface area contributed by atoms with E-state index in [4.69, 9.17) is 32.9 Å². The van der Waals surface area contributed by atoms with Gasteiger partial charge in [-0.3, -0.25) is 19.3 Å². The predicted octanol–water partition coefficient (Wildman–Crippen LogP) is 9.13. The van der Waals surface area contributed by atoms with Gasteiger partial charge in [0.1, 0.15) is 0 Å². The molecule has 2 amide bonds. The van der Waals surface area contributed by atoms with E-state index in [1.165, 1.54) is 17.9 Å². The number of alkyl halides is 2. The van der Waals surface area contributed by atoms with Gasteiger partial charge < -0.3 is 4.74 Å². The summed E-state index contributed by atoms with van der Waals surface area (Å²) in [7, 11) is 0. The number of pyridine rings is 1. The smallest absolute Gasteiger partial charge is 0.339 e. The van der Waals surface area contributed by atoms with Crippen molar-refractivity contribution in [3.8, 4) is 11.3 Å². The molecule has 2 fully saturated rings. The summed E-state index contributed by atoms with van der Waals surface area (Å²) in [5, 5.41) is 1.34. The number of hydrogen-bond acceptors (Lipinski definition) is 6. The summed E-state index contributed by atoms with van der Waals surface area (Å²) >= 11 is 23.3. The molecule has 0 spiro atoms. The first-order chi connectivity index (χ1) is 21.8. The zero-order valence-corrected chi connectivity index (χ0v) is 30.7. The number of esters is 1. The largest absolute Gasteiger partial charge is 0.451 e. The normalized spacial score (nSPS) is 21.8.